The van der Waals surface area contributed by atoms with Crippen molar-refractivity contribution in [2.24, 2.45) is 11.3 Å². The molecule has 0 aromatic carbocycles. The number of nitrogens with one attached hydrogen (secondary N) is 1. The maximum atomic E-state index is 12.3. The first kappa shape index (κ1) is 17.0. The molecule has 0 aromatic heterocycles. The van der Waals surface area contributed by atoms with Gasteiger partial charge in [0, 0.05) is 13.2 Å². The highest BCUT2D eigenvalue weighted by Gasteiger charge is 2.40. The molecule has 2 atom stereocenters. The van der Waals surface area contributed by atoms with E-state index in [-0.39, 0.29) is 18.1 Å². The van der Waals surface area contributed by atoms with Gasteiger partial charge in [-0.05, 0) is 32.1 Å². The summed E-state index contributed by atoms with van der Waals surface area (Å²) in [6.07, 6.45) is 1.93. The Hall–Kier alpha value is -1.10. The second-order valence-corrected chi connectivity index (χ2v) is 6.67. The third kappa shape index (κ3) is 4.47. The number of carbonyl (C=O) groups excluding carboxylic acids is 2. The van der Waals surface area contributed by atoms with Crippen LogP contribution in [0.3, 0.4) is 0 Å². The van der Waals surface area contributed by atoms with E-state index in [0.717, 1.165) is 19.4 Å². The predicted molar refractivity (Wildman–Crippen MR) is 76.2 cm³/mol. The van der Waals surface area contributed by atoms with Crippen molar-refractivity contribution in [3.8, 4) is 0 Å². The van der Waals surface area contributed by atoms with Crippen LogP contribution in [0.1, 0.15) is 47.5 Å². The van der Waals surface area contributed by atoms with Crippen LogP contribution < -0.4 is 5.32 Å². The van der Waals surface area contributed by atoms with E-state index in [1.165, 1.54) is 0 Å². The van der Waals surface area contributed by atoms with Crippen LogP contribution in [0.25, 0.3) is 0 Å². The van der Waals surface area contributed by atoms with Crippen molar-refractivity contribution >= 4 is 11.9 Å². The summed E-state index contributed by atoms with van der Waals surface area (Å²) in [5, 5.41) is 2.85. The molecule has 1 saturated heterocycles. The minimum absolute atomic E-state index is 0.277. The smallest absolute Gasteiger partial charge is 0.319 e. The first-order valence-corrected chi connectivity index (χ1v) is 7.28. The van der Waals surface area contributed by atoms with Crippen LogP contribution in [0.2, 0.25) is 0 Å². The van der Waals surface area contributed by atoms with Gasteiger partial charge in [0.2, 0.25) is 5.91 Å². The van der Waals surface area contributed by atoms with Gasteiger partial charge in [0.25, 0.3) is 0 Å². The molecule has 1 aliphatic heterocycles. The average molecular weight is 285 g/mol. The van der Waals surface area contributed by atoms with Crippen molar-refractivity contribution < 1.29 is 19.1 Å². The van der Waals surface area contributed by atoms with Crippen molar-refractivity contribution in [1.82, 2.24) is 5.32 Å². The molecule has 1 aliphatic rings. The molecule has 1 rings (SSSR count). The topological polar surface area (TPSA) is 64.6 Å². The number of carbonyl (C=O) groups is 2. The van der Waals surface area contributed by atoms with Crippen molar-refractivity contribution in [3.05, 3.63) is 0 Å². The minimum atomic E-state index is -0.799. The van der Waals surface area contributed by atoms with Gasteiger partial charge in [-0.1, -0.05) is 20.8 Å². The fourth-order valence-corrected chi connectivity index (χ4v) is 2.43. The Morgan fingerprint density at radius 2 is 2.05 bits per heavy atom. The summed E-state index contributed by atoms with van der Waals surface area (Å²) >= 11 is 0. The van der Waals surface area contributed by atoms with E-state index in [1.807, 2.05) is 27.7 Å². The molecule has 0 aromatic rings. The Labute approximate surface area is 121 Å². The van der Waals surface area contributed by atoms with Crippen LogP contribution >= 0.6 is 0 Å². The molecule has 1 amide bonds. The molecule has 1 heterocycles. The molecular formula is C15H27NO4. The van der Waals surface area contributed by atoms with Crippen molar-refractivity contribution in [1.29, 1.82) is 0 Å². The maximum absolute atomic E-state index is 12.3. The number of esters is 1. The Balaban J connectivity index is 2.66. The predicted octanol–water partition coefficient (Wildman–Crippen LogP) is 1.90. The average Bonchev–Trinajstić information content (AvgIpc) is 2.73. The fraction of sp³-hybridized carbons (Fsp3) is 0.867. The standard InChI is InChI=1S/C15H27NO4/c1-6-19-13(18)11(14(2,3)4)12(17)16-10-15(5)8-7-9-20-15/h11H,6-10H2,1-5H3,(H,16,17). The summed E-state index contributed by atoms with van der Waals surface area (Å²) in [5.74, 6) is -1.55. The number of hydrogen-bond donors (Lipinski definition) is 1. The van der Waals surface area contributed by atoms with Crippen LogP contribution in [0.15, 0.2) is 0 Å². The molecule has 0 bridgehead atoms. The molecule has 20 heavy (non-hydrogen) atoms. The molecule has 2 unspecified atom stereocenters. The number of rotatable bonds is 5. The summed E-state index contributed by atoms with van der Waals surface area (Å²) in [4.78, 5) is 24.3. The van der Waals surface area contributed by atoms with Crippen molar-refractivity contribution in [2.75, 3.05) is 19.8 Å². The molecular weight excluding hydrogens is 258 g/mol. The SMILES string of the molecule is CCOC(=O)C(C(=O)NCC1(C)CCCO1)C(C)(C)C. The van der Waals surface area contributed by atoms with Gasteiger partial charge in [-0.25, -0.2) is 0 Å². The van der Waals surface area contributed by atoms with Gasteiger partial charge in [0.15, 0.2) is 0 Å². The number of ether oxygens (including phenoxy) is 2. The van der Waals surface area contributed by atoms with E-state index < -0.39 is 17.3 Å². The van der Waals surface area contributed by atoms with Gasteiger partial charge in [-0.2, -0.15) is 0 Å². The lowest BCUT2D eigenvalue weighted by Gasteiger charge is -2.30. The third-order valence-electron chi connectivity index (χ3n) is 3.59. The van der Waals surface area contributed by atoms with Gasteiger partial charge >= 0.3 is 5.97 Å². The largest absolute Gasteiger partial charge is 0.465 e. The quantitative estimate of drug-likeness (QED) is 0.619. The van der Waals surface area contributed by atoms with Crippen molar-refractivity contribution in [2.45, 2.75) is 53.1 Å². The summed E-state index contributed by atoms with van der Waals surface area (Å²) < 4.78 is 10.7. The first-order chi connectivity index (χ1) is 9.19. The lowest BCUT2D eigenvalue weighted by Crippen LogP contribution is -2.48. The first-order valence-electron chi connectivity index (χ1n) is 7.28. The molecule has 0 aliphatic carbocycles. The van der Waals surface area contributed by atoms with Gasteiger partial charge in [0.1, 0.15) is 5.92 Å². The summed E-state index contributed by atoms with van der Waals surface area (Å²) in [6, 6.07) is 0. The molecule has 1 N–H and O–H groups in total. The fourth-order valence-electron chi connectivity index (χ4n) is 2.43. The molecule has 0 radical (unpaired) electrons. The Morgan fingerprint density at radius 3 is 2.50 bits per heavy atom. The second kappa shape index (κ2) is 6.57. The highest BCUT2D eigenvalue weighted by atomic mass is 16.5. The monoisotopic (exact) mass is 285 g/mol. The zero-order valence-corrected chi connectivity index (χ0v) is 13.2. The van der Waals surface area contributed by atoms with E-state index in [4.69, 9.17) is 9.47 Å². The molecule has 0 saturated carbocycles. The highest BCUT2D eigenvalue weighted by Crippen LogP contribution is 2.28. The van der Waals surface area contributed by atoms with E-state index in [0.29, 0.717) is 6.54 Å². The van der Waals surface area contributed by atoms with E-state index >= 15 is 0 Å². The van der Waals surface area contributed by atoms with Gasteiger partial charge < -0.3 is 14.8 Å². The summed E-state index contributed by atoms with van der Waals surface area (Å²) in [5.41, 5.74) is -0.791. The van der Waals surface area contributed by atoms with Crippen molar-refractivity contribution in [3.63, 3.8) is 0 Å². The zero-order chi connectivity index (χ0) is 15.4. The molecule has 116 valence electrons. The lowest BCUT2D eigenvalue weighted by molar-refractivity contribution is -0.157. The third-order valence-corrected chi connectivity index (χ3v) is 3.59. The van der Waals surface area contributed by atoms with Crippen LogP contribution in [-0.4, -0.2) is 37.2 Å². The number of hydrogen-bond acceptors (Lipinski definition) is 4. The highest BCUT2D eigenvalue weighted by molar-refractivity contribution is 5.98. The normalized spacial score (nSPS) is 24.2. The van der Waals surface area contributed by atoms with Gasteiger partial charge in [-0.3, -0.25) is 9.59 Å². The van der Waals surface area contributed by atoms with Gasteiger partial charge in [-0.15, -0.1) is 0 Å². The van der Waals surface area contributed by atoms with E-state index in [1.54, 1.807) is 6.92 Å². The lowest BCUT2D eigenvalue weighted by atomic mass is 9.80. The van der Waals surface area contributed by atoms with E-state index in [2.05, 4.69) is 5.32 Å². The molecule has 5 nitrogen and oxygen atoms in total. The summed E-state index contributed by atoms with van der Waals surface area (Å²) in [6.45, 7) is 10.7. The molecule has 5 heteroatoms. The van der Waals surface area contributed by atoms with Crippen LogP contribution in [0.4, 0.5) is 0 Å². The second-order valence-electron chi connectivity index (χ2n) is 6.67. The number of amides is 1. The summed E-state index contributed by atoms with van der Waals surface area (Å²) in [7, 11) is 0. The molecule has 0 spiro atoms. The Kier molecular flexibility index (Phi) is 5.57. The maximum Gasteiger partial charge on any atom is 0.319 e. The minimum Gasteiger partial charge on any atom is -0.465 e. The van der Waals surface area contributed by atoms with E-state index in [9.17, 15) is 9.59 Å². The van der Waals surface area contributed by atoms with Crippen LogP contribution in [0, 0.1) is 11.3 Å². The molecule has 1 fully saturated rings. The zero-order valence-electron chi connectivity index (χ0n) is 13.2. The Bertz CT molecular complexity index is 353. The van der Waals surface area contributed by atoms with Crippen LogP contribution in [-0.2, 0) is 19.1 Å². The Morgan fingerprint density at radius 1 is 1.40 bits per heavy atom. The van der Waals surface area contributed by atoms with Gasteiger partial charge in [0.05, 0.1) is 12.2 Å². The van der Waals surface area contributed by atoms with Crippen LogP contribution in [0.5, 0.6) is 0 Å².